The maximum atomic E-state index is 12.7. The maximum absolute atomic E-state index is 12.7. The van der Waals surface area contributed by atoms with Gasteiger partial charge in [-0.3, -0.25) is 4.79 Å². The van der Waals surface area contributed by atoms with Crippen molar-refractivity contribution in [2.75, 3.05) is 6.61 Å². The zero-order valence-electron chi connectivity index (χ0n) is 12.0. The fourth-order valence-corrected chi connectivity index (χ4v) is 3.35. The molecule has 1 aromatic rings. The fourth-order valence-electron chi connectivity index (χ4n) is 3.35. The number of hydrogen-bond donors (Lipinski definition) is 0. The number of nitrogens with zero attached hydrogens (tertiary/aromatic N) is 1. The quantitative estimate of drug-likeness (QED) is 0.763. The van der Waals surface area contributed by atoms with Gasteiger partial charge >= 0.3 is 6.09 Å². The van der Waals surface area contributed by atoms with E-state index in [1.165, 1.54) is 4.90 Å². The molecular formula is C15H18BNO3. The predicted molar refractivity (Wildman–Crippen MR) is 77.0 cm³/mol. The molecule has 1 aromatic carbocycles. The SMILES string of the molecule is B[C@H]1COC(=O)N1C(=O)[C@H]1[C@H](c2ccccc2)C1(C)C. The van der Waals surface area contributed by atoms with Crippen molar-refractivity contribution in [2.24, 2.45) is 11.3 Å². The van der Waals surface area contributed by atoms with Crippen molar-refractivity contribution >= 4 is 19.8 Å². The second-order valence-electron chi connectivity index (χ2n) is 6.32. The maximum Gasteiger partial charge on any atom is 0.416 e. The number of hydrogen-bond acceptors (Lipinski definition) is 3. The van der Waals surface area contributed by atoms with Gasteiger partial charge in [0.1, 0.15) is 14.5 Å². The fraction of sp³-hybridized carbons (Fsp3) is 0.467. The second-order valence-corrected chi connectivity index (χ2v) is 6.32. The summed E-state index contributed by atoms with van der Waals surface area (Å²) in [6.45, 7) is 4.46. The van der Waals surface area contributed by atoms with E-state index in [4.69, 9.17) is 4.74 Å². The molecule has 4 nitrogen and oxygen atoms in total. The molecule has 104 valence electrons. The summed E-state index contributed by atoms with van der Waals surface area (Å²) in [4.78, 5) is 25.6. The summed E-state index contributed by atoms with van der Waals surface area (Å²) in [5, 5.41) is 0. The van der Waals surface area contributed by atoms with Crippen LogP contribution in [0.5, 0.6) is 0 Å². The highest BCUT2D eigenvalue weighted by molar-refractivity contribution is 6.16. The Kier molecular flexibility index (Phi) is 2.89. The van der Waals surface area contributed by atoms with Gasteiger partial charge in [-0.25, -0.2) is 9.69 Å². The van der Waals surface area contributed by atoms with Gasteiger partial charge in [0.2, 0.25) is 5.91 Å². The Bertz CT molecular complexity index is 557. The van der Waals surface area contributed by atoms with Gasteiger partial charge in [0.05, 0.1) is 5.92 Å². The number of ether oxygens (including phenoxy) is 1. The van der Waals surface area contributed by atoms with E-state index >= 15 is 0 Å². The van der Waals surface area contributed by atoms with Crippen LogP contribution in [-0.4, -0.2) is 37.3 Å². The van der Waals surface area contributed by atoms with Crippen molar-refractivity contribution < 1.29 is 14.3 Å². The molecule has 0 spiro atoms. The number of imide groups is 1. The third-order valence-corrected chi connectivity index (χ3v) is 4.58. The summed E-state index contributed by atoms with van der Waals surface area (Å²) in [7, 11) is 1.84. The van der Waals surface area contributed by atoms with Gasteiger partial charge in [-0.2, -0.15) is 0 Å². The van der Waals surface area contributed by atoms with Crippen LogP contribution in [0.25, 0.3) is 0 Å². The minimum absolute atomic E-state index is 0.0983. The minimum Gasteiger partial charge on any atom is -0.448 e. The smallest absolute Gasteiger partial charge is 0.416 e. The van der Waals surface area contributed by atoms with Crippen LogP contribution in [0.15, 0.2) is 30.3 Å². The van der Waals surface area contributed by atoms with Crippen LogP contribution in [0.1, 0.15) is 25.3 Å². The molecule has 0 N–H and O–H groups in total. The van der Waals surface area contributed by atoms with Crippen molar-refractivity contribution in [3.05, 3.63) is 35.9 Å². The normalized spacial score (nSPS) is 31.0. The molecule has 2 aliphatic rings. The molecule has 1 saturated heterocycles. The van der Waals surface area contributed by atoms with E-state index in [1.54, 1.807) is 0 Å². The van der Waals surface area contributed by atoms with Gasteiger partial charge in [0.25, 0.3) is 0 Å². The lowest BCUT2D eigenvalue weighted by molar-refractivity contribution is -0.130. The molecular weight excluding hydrogens is 253 g/mol. The Balaban J connectivity index is 1.85. The first-order chi connectivity index (χ1) is 9.44. The van der Waals surface area contributed by atoms with Gasteiger partial charge in [-0.05, 0) is 11.0 Å². The standard InChI is InChI=1S/C15H18BNO3/c1-15(2)11(9-6-4-3-5-7-9)12(15)13(18)17-10(16)8-20-14(17)19/h3-7,10-12H,8,16H2,1-2H3/t10-,11+,12-/m1/s1. The first kappa shape index (κ1) is 13.2. The number of carbonyl (C=O) groups excluding carboxylic acids is 2. The van der Waals surface area contributed by atoms with E-state index in [0.29, 0.717) is 6.61 Å². The van der Waals surface area contributed by atoms with Crippen molar-refractivity contribution in [2.45, 2.75) is 25.7 Å². The average molecular weight is 271 g/mol. The molecule has 1 aliphatic heterocycles. The number of amides is 2. The van der Waals surface area contributed by atoms with E-state index in [-0.39, 0.29) is 29.1 Å². The van der Waals surface area contributed by atoms with E-state index in [1.807, 2.05) is 38.2 Å². The summed E-state index contributed by atoms with van der Waals surface area (Å²) in [5.74, 6) is -0.225. The van der Waals surface area contributed by atoms with Crippen molar-refractivity contribution in [1.29, 1.82) is 0 Å². The lowest BCUT2D eigenvalue weighted by Gasteiger charge is -2.16. The third-order valence-electron chi connectivity index (χ3n) is 4.58. The van der Waals surface area contributed by atoms with Gasteiger partial charge in [-0.1, -0.05) is 44.2 Å². The molecule has 0 radical (unpaired) electrons. The number of carbonyl (C=O) groups is 2. The summed E-state index contributed by atoms with van der Waals surface area (Å²) >= 11 is 0. The molecule has 3 rings (SSSR count). The largest absolute Gasteiger partial charge is 0.448 e. The van der Waals surface area contributed by atoms with E-state index < -0.39 is 6.09 Å². The Morgan fingerprint density at radius 1 is 1.35 bits per heavy atom. The monoisotopic (exact) mass is 271 g/mol. The first-order valence-electron chi connectivity index (χ1n) is 6.99. The highest BCUT2D eigenvalue weighted by atomic mass is 16.6. The van der Waals surface area contributed by atoms with Gasteiger partial charge in [0.15, 0.2) is 0 Å². The van der Waals surface area contributed by atoms with Crippen LogP contribution >= 0.6 is 0 Å². The Hall–Kier alpha value is -1.78. The number of benzene rings is 1. The van der Waals surface area contributed by atoms with Crippen molar-refractivity contribution in [3.8, 4) is 0 Å². The summed E-state index contributed by atoms with van der Waals surface area (Å²) in [6.07, 6.45) is -0.503. The van der Waals surface area contributed by atoms with Crippen LogP contribution in [0.2, 0.25) is 0 Å². The lowest BCUT2D eigenvalue weighted by Crippen LogP contribution is -2.41. The van der Waals surface area contributed by atoms with E-state index in [9.17, 15) is 9.59 Å². The highest BCUT2D eigenvalue weighted by Gasteiger charge is 2.64. The zero-order valence-corrected chi connectivity index (χ0v) is 12.0. The van der Waals surface area contributed by atoms with Crippen molar-refractivity contribution in [3.63, 3.8) is 0 Å². The van der Waals surface area contributed by atoms with Crippen LogP contribution in [-0.2, 0) is 9.53 Å². The number of cyclic esters (lactones) is 1. The van der Waals surface area contributed by atoms with E-state index in [2.05, 4.69) is 13.8 Å². The molecule has 1 saturated carbocycles. The van der Waals surface area contributed by atoms with Crippen LogP contribution in [0.3, 0.4) is 0 Å². The second kappa shape index (κ2) is 4.37. The summed E-state index contributed by atoms with van der Waals surface area (Å²) < 4.78 is 4.95. The molecule has 2 fully saturated rings. The molecule has 20 heavy (non-hydrogen) atoms. The average Bonchev–Trinajstić information content (AvgIpc) is 2.84. The molecule has 0 aromatic heterocycles. The van der Waals surface area contributed by atoms with Crippen molar-refractivity contribution in [1.82, 2.24) is 4.90 Å². The third kappa shape index (κ3) is 1.84. The first-order valence-corrected chi connectivity index (χ1v) is 6.99. The van der Waals surface area contributed by atoms with Crippen LogP contribution in [0.4, 0.5) is 4.79 Å². The lowest BCUT2D eigenvalue weighted by atomic mass is 9.96. The molecule has 0 bridgehead atoms. The van der Waals surface area contributed by atoms with Crippen LogP contribution in [0, 0.1) is 11.3 Å². The topological polar surface area (TPSA) is 46.6 Å². The predicted octanol–water partition coefficient (Wildman–Crippen LogP) is 1.36. The molecule has 3 atom stereocenters. The van der Waals surface area contributed by atoms with Crippen LogP contribution < -0.4 is 0 Å². The number of rotatable bonds is 2. The van der Waals surface area contributed by atoms with Gasteiger partial charge < -0.3 is 4.74 Å². The summed E-state index contributed by atoms with van der Waals surface area (Å²) in [6, 6.07) is 10.0. The Labute approximate surface area is 119 Å². The highest BCUT2D eigenvalue weighted by Crippen LogP contribution is 2.65. The molecule has 5 heteroatoms. The molecule has 1 heterocycles. The Morgan fingerprint density at radius 2 is 2.00 bits per heavy atom. The van der Waals surface area contributed by atoms with E-state index in [0.717, 1.165) is 5.56 Å². The Morgan fingerprint density at radius 3 is 2.55 bits per heavy atom. The summed E-state index contributed by atoms with van der Waals surface area (Å²) in [5.41, 5.74) is 1.05. The molecule has 1 aliphatic carbocycles. The van der Waals surface area contributed by atoms with Gasteiger partial charge in [0, 0.05) is 11.9 Å². The zero-order chi connectivity index (χ0) is 14.5. The molecule has 0 unspecified atom stereocenters. The molecule has 2 amide bonds. The minimum atomic E-state index is -0.503. The van der Waals surface area contributed by atoms with Gasteiger partial charge in [-0.15, -0.1) is 0 Å².